The molecule has 2 aliphatic carbocycles. The van der Waals surface area contributed by atoms with Crippen LogP contribution < -0.4 is 0 Å². The van der Waals surface area contributed by atoms with Gasteiger partial charge in [0.15, 0.2) is 0 Å². The molecule has 0 N–H and O–H groups in total. The Balaban J connectivity index is 1.44. The van der Waals surface area contributed by atoms with Gasteiger partial charge in [0, 0.05) is 23.4 Å². The lowest BCUT2D eigenvalue weighted by molar-refractivity contribution is -0.143. The molecule has 0 radical (unpaired) electrons. The summed E-state index contributed by atoms with van der Waals surface area (Å²) in [6.07, 6.45) is 4.97. The number of carbonyl (C=O) groups excluding carboxylic acids is 2. The van der Waals surface area contributed by atoms with Crippen LogP contribution in [-0.4, -0.2) is 40.7 Å². The summed E-state index contributed by atoms with van der Waals surface area (Å²) in [7, 11) is 0. The molecule has 2 saturated carbocycles. The van der Waals surface area contributed by atoms with Crippen LogP contribution in [0.5, 0.6) is 0 Å². The molecule has 0 unspecified atom stereocenters. The first-order valence-corrected chi connectivity index (χ1v) is 11.2. The fraction of sp³-hybridized carbons (Fsp3) is 0.478. The number of hydrogen-bond acceptors (Lipinski definition) is 3. The van der Waals surface area contributed by atoms with E-state index in [2.05, 4.69) is 36.6 Å². The molecule has 5 rings (SSSR count). The number of amides is 2. The van der Waals surface area contributed by atoms with Crippen molar-refractivity contribution in [3.8, 4) is 0 Å². The van der Waals surface area contributed by atoms with E-state index in [1.54, 1.807) is 11.3 Å². The predicted molar refractivity (Wildman–Crippen MR) is 110 cm³/mol. The van der Waals surface area contributed by atoms with Crippen LogP contribution in [0.2, 0.25) is 0 Å². The quantitative estimate of drug-likeness (QED) is 0.771. The second-order valence-corrected chi connectivity index (χ2v) is 9.37. The first-order chi connectivity index (χ1) is 13.6. The number of benzene rings is 1. The zero-order valence-corrected chi connectivity index (χ0v) is 17.1. The molecular weight excluding hydrogens is 368 g/mol. The maximum absolute atomic E-state index is 13.5. The van der Waals surface area contributed by atoms with E-state index in [1.807, 2.05) is 15.9 Å². The molecule has 28 heavy (non-hydrogen) atoms. The Kier molecular flexibility index (Phi) is 4.50. The first-order valence-electron chi connectivity index (χ1n) is 10.3. The Morgan fingerprint density at radius 1 is 1.11 bits per heavy atom. The maximum Gasteiger partial charge on any atom is 0.243 e. The number of carbonyl (C=O) groups is 2. The molecule has 0 spiro atoms. The predicted octanol–water partition coefficient (Wildman–Crippen LogP) is 3.93. The van der Waals surface area contributed by atoms with Gasteiger partial charge in [0.05, 0.1) is 6.04 Å². The highest BCUT2D eigenvalue weighted by molar-refractivity contribution is 7.10. The van der Waals surface area contributed by atoms with Gasteiger partial charge in [-0.25, -0.2) is 0 Å². The minimum Gasteiger partial charge on any atom is -0.330 e. The molecule has 2 aromatic rings. The normalized spacial score (nSPS) is 21.3. The minimum absolute atomic E-state index is 0.0409. The molecular formula is C23H26N2O2S. The number of fused-ring (bicyclic) bond motifs is 1. The lowest BCUT2D eigenvalue weighted by atomic mass is 9.90. The van der Waals surface area contributed by atoms with Gasteiger partial charge in [-0.3, -0.25) is 9.59 Å². The van der Waals surface area contributed by atoms with Crippen molar-refractivity contribution in [3.63, 3.8) is 0 Å². The third kappa shape index (κ3) is 3.26. The number of rotatable bonds is 5. The number of nitrogens with zero attached hydrogens (tertiary/aromatic N) is 2. The zero-order valence-electron chi connectivity index (χ0n) is 16.3. The van der Waals surface area contributed by atoms with Crippen LogP contribution >= 0.6 is 11.3 Å². The Morgan fingerprint density at radius 3 is 2.61 bits per heavy atom. The Morgan fingerprint density at radius 2 is 1.89 bits per heavy atom. The molecule has 1 atom stereocenters. The van der Waals surface area contributed by atoms with E-state index in [4.69, 9.17) is 0 Å². The van der Waals surface area contributed by atoms with Gasteiger partial charge in [-0.1, -0.05) is 24.3 Å². The van der Waals surface area contributed by atoms with Gasteiger partial charge in [0.1, 0.15) is 6.54 Å². The topological polar surface area (TPSA) is 40.6 Å². The van der Waals surface area contributed by atoms with E-state index in [1.165, 1.54) is 21.6 Å². The van der Waals surface area contributed by atoms with E-state index in [0.717, 1.165) is 38.6 Å². The average molecular weight is 395 g/mol. The summed E-state index contributed by atoms with van der Waals surface area (Å²) in [5.74, 6) is 0.466. The highest BCUT2D eigenvalue weighted by atomic mass is 32.1. The molecule has 146 valence electrons. The van der Waals surface area contributed by atoms with Crippen LogP contribution in [0.4, 0.5) is 0 Å². The van der Waals surface area contributed by atoms with Crippen LogP contribution in [0.25, 0.3) is 0 Å². The average Bonchev–Trinajstić information content (AvgIpc) is 3.62. The standard InChI is InChI=1S/C23H26N2O2S/c1-15-4-2-3-5-18(15)22-19-11-13-28-20(19)10-12-24(22)21(26)14-25(17-8-9-17)23(27)16-6-7-16/h2-5,11,13,16-17,22H,6-10,12,14H2,1H3/t22-/m1/s1. The number of aryl methyl sites for hydroxylation is 1. The molecule has 1 aliphatic heterocycles. The smallest absolute Gasteiger partial charge is 0.243 e. The zero-order chi connectivity index (χ0) is 19.3. The van der Waals surface area contributed by atoms with Gasteiger partial charge in [-0.2, -0.15) is 0 Å². The molecule has 4 nitrogen and oxygen atoms in total. The summed E-state index contributed by atoms with van der Waals surface area (Å²) in [6, 6.07) is 10.8. The van der Waals surface area contributed by atoms with Gasteiger partial charge in [0.25, 0.3) is 0 Å². The van der Waals surface area contributed by atoms with Crippen molar-refractivity contribution in [1.29, 1.82) is 0 Å². The Labute approximate surface area is 170 Å². The van der Waals surface area contributed by atoms with Crippen molar-refractivity contribution in [3.05, 3.63) is 57.3 Å². The van der Waals surface area contributed by atoms with E-state index >= 15 is 0 Å². The fourth-order valence-corrected chi connectivity index (χ4v) is 5.29. The monoisotopic (exact) mass is 394 g/mol. The minimum atomic E-state index is -0.0409. The Hall–Kier alpha value is -2.14. The summed E-state index contributed by atoms with van der Waals surface area (Å²) in [5, 5.41) is 2.14. The van der Waals surface area contributed by atoms with Gasteiger partial charge in [-0.15, -0.1) is 11.3 Å². The third-order valence-electron chi connectivity index (χ3n) is 6.27. The van der Waals surface area contributed by atoms with E-state index < -0.39 is 0 Å². The highest BCUT2D eigenvalue weighted by Crippen LogP contribution is 2.40. The van der Waals surface area contributed by atoms with E-state index in [-0.39, 0.29) is 36.4 Å². The lowest BCUT2D eigenvalue weighted by Gasteiger charge is -2.38. The van der Waals surface area contributed by atoms with Gasteiger partial charge in [0.2, 0.25) is 11.8 Å². The summed E-state index contributed by atoms with van der Waals surface area (Å²) in [6.45, 7) is 3.08. The van der Waals surface area contributed by atoms with Crippen molar-refractivity contribution in [2.24, 2.45) is 5.92 Å². The van der Waals surface area contributed by atoms with Crippen LogP contribution in [0.15, 0.2) is 35.7 Å². The van der Waals surface area contributed by atoms with E-state index in [0.29, 0.717) is 0 Å². The van der Waals surface area contributed by atoms with Crippen molar-refractivity contribution in [1.82, 2.24) is 9.80 Å². The second kappa shape index (κ2) is 7.03. The molecule has 5 heteroatoms. The van der Waals surface area contributed by atoms with Gasteiger partial charge >= 0.3 is 0 Å². The molecule has 1 aromatic carbocycles. The van der Waals surface area contributed by atoms with E-state index in [9.17, 15) is 9.59 Å². The molecule has 0 bridgehead atoms. The number of hydrogen-bond donors (Lipinski definition) is 0. The Bertz CT molecular complexity index is 913. The van der Waals surface area contributed by atoms with Crippen LogP contribution in [0.3, 0.4) is 0 Å². The highest BCUT2D eigenvalue weighted by Gasteiger charge is 2.42. The molecule has 2 heterocycles. The molecule has 3 aliphatic rings. The molecule has 2 fully saturated rings. The number of thiophene rings is 1. The first kappa shape index (κ1) is 17.9. The molecule has 0 saturated heterocycles. The van der Waals surface area contributed by atoms with Gasteiger partial charge in [-0.05, 0) is 67.2 Å². The summed E-state index contributed by atoms with van der Waals surface area (Å²) in [5.41, 5.74) is 3.66. The summed E-state index contributed by atoms with van der Waals surface area (Å²) >= 11 is 1.79. The molecule has 1 aromatic heterocycles. The fourth-order valence-electron chi connectivity index (χ4n) is 4.39. The summed E-state index contributed by atoms with van der Waals surface area (Å²) in [4.78, 5) is 31.5. The van der Waals surface area contributed by atoms with Crippen molar-refractivity contribution in [2.45, 2.75) is 51.1 Å². The third-order valence-corrected chi connectivity index (χ3v) is 7.27. The SMILES string of the molecule is Cc1ccccc1[C@@H]1c2ccsc2CCN1C(=O)CN(C(=O)C1CC1)C1CC1. The van der Waals surface area contributed by atoms with Crippen molar-refractivity contribution < 1.29 is 9.59 Å². The van der Waals surface area contributed by atoms with Crippen molar-refractivity contribution in [2.75, 3.05) is 13.1 Å². The molecule has 2 amide bonds. The largest absolute Gasteiger partial charge is 0.330 e. The van der Waals surface area contributed by atoms with Crippen LogP contribution in [0.1, 0.15) is 53.3 Å². The lowest BCUT2D eigenvalue weighted by Crippen LogP contribution is -2.47. The van der Waals surface area contributed by atoms with Crippen LogP contribution in [-0.2, 0) is 16.0 Å². The van der Waals surface area contributed by atoms with Crippen molar-refractivity contribution >= 4 is 23.2 Å². The second-order valence-electron chi connectivity index (χ2n) is 8.37. The maximum atomic E-state index is 13.5. The van der Waals surface area contributed by atoms with Crippen LogP contribution in [0, 0.1) is 12.8 Å². The van der Waals surface area contributed by atoms with Gasteiger partial charge < -0.3 is 9.80 Å². The summed E-state index contributed by atoms with van der Waals surface area (Å²) < 4.78 is 0.